The summed E-state index contributed by atoms with van der Waals surface area (Å²) in [5, 5.41) is 3.66. The van der Waals surface area contributed by atoms with Gasteiger partial charge in [-0.05, 0) is 38.4 Å². The Labute approximate surface area is 95.4 Å². The lowest BCUT2D eigenvalue weighted by Gasteiger charge is -2.26. The Bertz CT molecular complexity index is 157. The Morgan fingerprint density at radius 2 is 2.13 bits per heavy atom. The highest BCUT2D eigenvalue weighted by atomic mass is 15.2. The molecule has 0 amide bonds. The molecule has 0 aliphatic carbocycles. The molecule has 1 unspecified atom stereocenters. The van der Waals surface area contributed by atoms with Crippen LogP contribution in [0.25, 0.3) is 0 Å². The van der Waals surface area contributed by atoms with Gasteiger partial charge < -0.3 is 10.2 Å². The summed E-state index contributed by atoms with van der Waals surface area (Å²) < 4.78 is 0. The molecule has 15 heavy (non-hydrogen) atoms. The maximum absolute atomic E-state index is 3.66. The van der Waals surface area contributed by atoms with E-state index in [0.29, 0.717) is 6.04 Å². The first-order valence-electron chi connectivity index (χ1n) is 6.69. The molecule has 1 heterocycles. The fourth-order valence-electron chi connectivity index (χ4n) is 2.26. The Hall–Kier alpha value is -0.0800. The number of nitrogens with one attached hydrogen (secondary N) is 1. The van der Waals surface area contributed by atoms with Crippen LogP contribution in [0.2, 0.25) is 0 Å². The van der Waals surface area contributed by atoms with Crippen LogP contribution in [0.4, 0.5) is 0 Å². The van der Waals surface area contributed by atoms with Crippen molar-refractivity contribution in [3.05, 3.63) is 0 Å². The summed E-state index contributed by atoms with van der Waals surface area (Å²) in [6, 6.07) is 0.703. The van der Waals surface area contributed by atoms with E-state index in [1.807, 2.05) is 0 Å². The fourth-order valence-corrected chi connectivity index (χ4v) is 2.26. The molecule has 0 aromatic carbocycles. The summed E-state index contributed by atoms with van der Waals surface area (Å²) in [6.45, 7) is 12.0. The van der Waals surface area contributed by atoms with Gasteiger partial charge in [-0.3, -0.25) is 0 Å². The number of hydrogen-bond donors (Lipinski definition) is 1. The first-order chi connectivity index (χ1) is 7.24. The van der Waals surface area contributed by atoms with Crippen molar-refractivity contribution < 1.29 is 0 Å². The average Bonchev–Trinajstić information content (AvgIpc) is 2.44. The molecule has 1 aliphatic rings. The molecular formula is C13H28N2. The number of rotatable bonds is 5. The van der Waals surface area contributed by atoms with E-state index >= 15 is 0 Å². The van der Waals surface area contributed by atoms with Gasteiger partial charge in [-0.2, -0.15) is 0 Å². The van der Waals surface area contributed by atoms with Crippen molar-refractivity contribution in [3.8, 4) is 0 Å². The van der Waals surface area contributed by atoms with E-state index in [2.05, 4.69) is 31.0 Å². The Morgan fingerprint density at radius 3 is 2.80 bits per heavy atom. The third kappa shape index (κ3) is 4.98. The normalized spacial score (nSPS) is 24.4. The minimum atomic E-state index is 0.703. The summed E-state index contributed by atoms with van der Waals surface area (Å²) in [5.74, 6) is 0.761. The Balaban J connectivity index is 2.29. The minimum Gasteiger partial charge on any atom is -0.312 e. The molecule has 90 valence electrons. The monoisotopic (exact) mass is 212 g/mol. The van der Waals surface area contributed by atoms with Gasteiger partial charge in [-0.25, -0.2) is 0 Å². The van der Waals surface area contributed by atoms with Crippen LogP contribution in [0.3, 0.4) is 0 Å². The lowest BCUT2D eigenvalue weighted by Crippen LogP contribution is -2.41. The second kappa shape index (κ2) is 7.24. The maximum Gasteiger partial charge on any atom is 0.0217 e. The van der Waals surface area contributed by atoms with Crippen LogP contribution in [0.1, 0.15) is 46.5 Å². The van der Waals surface area contributed by atoms with Crippen molar-refractivity contribution >= 4 is 0 Å². The lowest BCUT2D eigenvalue weighted by atomic mass is 10.0. The van der Waals surface area contributed by atoms with Crippen LogP contribution in [0, 0.1) is 5.92 Å². The van der Waals surface area contributed by atoms with Crippen LogP contribution in [-0.4, -0.2) is 37.1 Å². The third-order valence-corrected chi connectivity index (χ3v) is 3.40. The van der Waals surface area contributed by atoms with E-state index < -0.39 is 0 Å². The van der Waals surface area contributed by atoms with Crippen LogP contribution in [-0.2, 0) is 0 Å². The minimum absolute atomic E-state index is 0.703. The maximum atomic E-state index is 3.66. The predicted octanol–water partition coefficient (Wildman–Crippen LogP) is 2.50. The van der Waals surface area contributed by atoms with Crippen molar-refractivity contribution in [3.63, 3.8) is 0 Å². The van der Waals surface area contributed by atoms with Gasteiger partial charge in [0.1, 0.15) is 0 Å². The zero-order valence-electron chi connectivity index (χ0n) is 10.8. The van der Waals surface area contributed by atoms with Crippen molar-refractivity contribution in [1.82, 2.24) is 10.2 Å². The van der Waals surface area contributed by atoms with Crippen molar-refractivity contribution in [1.29, 1.82) is 0 Å². The van der Waals surface area contributed by atoms with Gasteiger partial charge in [0.05, 0.1) is 0 Å². The van der Waals surface area contributed by atoms with Gasteiger partial charge in [0.15, 0.2) is 0 Å². The largest absolute Gasteiger partial charge is 0.312 e. The summed E-state index contributed by atoms with van der Waals surface area (Å²) in [6.07, 6.45) is 5.41. The van der Waals surface area contributed by atoms with Gasteiger partial charge >= 0.3 is 0 Å². The standard InChI is InChI=1S/C13H28N2/c1-4-5-6-9-15-10-7-8-14-13(11-15)12(2)3/h12-14H,4-11H2,1-3H3. The van der Waals surface area contributed by atoms with E-state index in [0.717, 1.165) is 5.92 Å². The molecule has 0 radical (unpaired) electrons. The summed E-state index contributed by atoms with van der Waals surface area (Å²) in [7, 11) is 0. The number of hydrogen-bond acceptors (Lipinski definition) is 2. The molecule has 0 aromatic heterocycles. The van der Waals surface area contributed by atoms with Crippen LogP contribution in [0.5, 0.6) is 0 Å². The number of unbranched alkanes of at least 4 members (excludes halogenated alkanes) is 2. The second-order valence-corrected chi connectivity index (χ2v) is 5.17. The molecular weight excluding hydrogens is 184 g/mol. The summed E-state index contributed by atoms with van der Waals surface area (Å²) in [4.78, 5) is 2.65. The molecule has 1 atom stereocenters. The second-order valence-electron chi connectivity index (χ2n) is 5.17. The van der Waals surface area contributed by atoms with Gasteiger partial charge in [-0.1, -0.05) is 33.6 Å². The molecule has 1 N–H and O–H groups in total. The van der Waals surface area contributed by atoms with Gasteiger partial charge in [0, 0.05) is 12.6 Å². The quantitative estimate of drug-likeness (QED) is 0.704. The van der Waals surface area contributed by atoms with E-state index in [-0.39, 0.29) is 0 Å². The predicted molar refractivity (Wildman–Crippen MR) is 67.2 cm³/mol. The molecule has 2 heteroatoms. The van der Waals surface area contributed by atoms with Crippen LogP contribution < -0.4 is 5.32 Å². The zero-order valence-corrected chi connectivity index (χ0v) is 10.8. The van der Waals surface area contributed by atoms with Crippen molar-refractivity contribution in [2.24, 2.45) is 5.92 Å². The summed E-state index contributed by atoms with van der Waals surface area (Å²) in [5.41, 5.74) is 0. The molecule has 0 saturated carbocycles. The molecule has 0 bridgehead atoms. The molecule has 2 nitrogen and oxygen atoms in total. The van der Waals surface area contributed by atoms with E-state index in [4.69, 9.17) is 0 Å². The topological polar surface area (TPSA) is 15.3 Å². The highest BCUT2D eigenvalue weighted by Crippen LogP contribution is 2.09. The Kier molecular flexibility index (Phi) is 6.26. The Morgan fingerprint density at radius 1 is 1.33 bits per heavy atom. The highest BCUT2D eigenvalue weighted by molar-refractivity contribution is 4.78. The van der Waals surface area contributed by atoms with Crippen LogP contribution >= 0.6 is 0 Å². The fraction of sp³-hybridized carbons (Fsp3) is 1.00. The zero-order chi connectivity index (χ0) is 11.1. The van der Waals surface area contributed by atoms with E-state index in [1.54, 1.807) is 0 Å². The third-order valence-electron chi connectivity index (χ3n) is 3.40. The van der Waals surface area contributed by atoms with E-state index in [9.17, 15) is 0 Å². The first-order valence-corrected chi connectivity index (χ1v) is 6.69. The molecule has 0 aromatic rings. The van der Waals surface area contributed by atoms with Crippen molar-refractivity contribution in [2.45, 2.75) is 52.5 Å². The molecule has 0 spiro atoms. The molecule has 1 fully saturated rings. The summed E-state index contributed by atoms with van der Waals surface area (Å²) >= 11 is 0. The first kappa shape index (κ1) is 13.0. The lowest BCUT2D eigenvalue weighted by molar-refractivity contribution is 0.241. The molecule has 1 saturated heterocycles. The smallest absolute Gasteiger partial charge is 0.0217 e. The highest BCUT2D eigenvalue weighted by Gasteiger charge is 2.19. The average molecular weight is 212 g/mol. The van der Waals surface area contributed by atoms with Gasteiger partial charge in [-0.15, -0.1) is 0 Å². The number of nitrogens with zero attached hydrogens (tertiary/aromatic N) is 1. The van der Waals surface area contributed by atoms with E-state index in [1.165, 1.54) is 51.9 Å². The SMILES string of the molecule is CCCCCN1CCCNC(C(C)C)C1. The van der Waals surface area contributed by atoms with Gasteiger partial charge in [0.25, 0.3) is 0 Å². The molecule has 1 aliphatic heterocycles. The van der Waals surface area contributed by atoms with Crippen molar-refractivity contribution in [2.75, 3.05) is 26.2 Å². The molecule has 1 rings (SSSR count). The van der Waals surface area contributed by atoms with Crippen LogP contribution in [0.15, 0.2) is 0 Å². The van der Waals surface area contributed by atoms with Gasteiger partial charge in [0.2, 0.25) is 0 Å².